The molecular formula is C26H25N4O2+. The third-order valence-electron chi connectivity index (χ3n) is 5.65. The van der Waals surface area contributed by atoms with Crippen molar-refractivity contribution in [2.45, 2.75) is 25.8 Å². The average molecular weight is 426 g/mol. The van der Waals surface area contributed by atoms with Crippen LogP contribution in [0.3, 0.4) is 0 Å². The number of methoxy groups -OCH3 is 1. The summed E-state index contributed by atoms with van der Waals surface area (Å²) in [6, 6.07) is 15.3. The molecule has 4 rings (SSSR count). The number of nitrogen functional groups attached to an aromatic ring is 1. The van der Waals surface area contributed by atoms with Gasteiger partial charge in [0.15, 0.2) is 0 Å². The standard InChI is InChI=1S/C26H24N4O2/c1-4-9-19(32-3)15-23-26(31)30-16-24(20-12-8-13-21(27)17(20)2)28-22(25(30)29-23)14-18-10-6-5-7-11-18/h1,5-13,16,23H,14-15,27H2,2-3H3/p+1/b19-9-. The Bertz CT molecular complexity index is 1240. The second-order valence-corrected chi connectivity index (χ2v) is 7.69. The fourth-order valence-electron chi connectivity index (χ4n) is 3.88. The highest BCUT2D eigenvalue weighted by Gasteiger charge is 2.41. The molecule has 2 heterocycles. The fraction of sp³-hybridized carbons (Fsp3) is 0.192. The fourth-order valence-corrected chi connectivity index (χ4v) is 3.88. The lowest BCUT2D eigenvalue weighted by Crippen LogP contribution is -2.43. The number of nitrogens with two attached hydrogens (primary N) is 1. The summed E-state index contributed by atoms with van der Waals surface area (Å²) in [4.78, 5) is 18.3. The van der Waals surface area contributed by atoms with Crippen LogP contribution in [0.15, 0.2) is 66.6 Å². The number of carbonyl (C=O) groups excluding carboxylic acids is 1. The number of benzene rings is 2. The number of fused-ring (bicyclic) bond motifs is 1. The second kappa shape index (κ2) is 8.94. The summed E-state index contributed by atoms with van der Waals surface area (Å²) < 4.78 is 6.99. The van der Waals surface area contributed by atoms with E-state index in [-0.39, 0.29) is 5.91 Å². The SMILES string of the molecule is C#C/C=C(/CC1Nc2c(Cc3ccccc3)nc(-c3cccc(N)c3C)c[n+]2C1=O)OC. The zero-order valence-electron chi connectivity index (χ0n) is 18.1. The molecule has 0 aliphatic carbocycles. The van der Waals surface area contributed by atoms with Gasteiger partial charge in [-0.15, -0.1) is 6.42 Å². The molecule has 0 fully saturated rings. The molecule has 6 heteroatoms. The number of hydrogen-bond donors (Lipinski definition) is 2. The summed E-state index contributed by atoms with van der Waals surface area (Å²) in [5.74, 6) is 3.63. The van der Waals surface area contributed by atoms with Gasteiger partial charge in [-0.05, 0) is 24.1 Å². The van der Waals surface area contributed by atoms with Gasteiger partial charge in [0.05, 0.1) is 13.5 Å². The van der Waals surface area contributed by atoms with Crippen LogP contribution in [0.2, 0.25) is 0 Å². The maximum absolute atomic E-state index is 13.3. The molecule has 160 valence electrons. The summed E-state index contributed by atoms with van der Waals surface area (Å²) in [7, 11) is 1.55. The molecule has 3 aromatic rings. The molecule has 2 aromatic carbocycles. The van der Waals surface area contributed by atoms with Gasteiger partial charge in [0.1, 0.15) is 23.3 Å². The van der Waals surface area contributed by atoms with Gasteiger partial charge in [-0.3, -0.25) is 5.32 Å². The second-order valence-electron chi connectivity index (χ2n) is 7.69. The number of terminal acetylenes is 1. The zero-order chi connectivity index (χ0) is 22.7. The lowest BCUT2D eigenvalue weighted by atomic mass is 10.0. The molecule has 0 bridgehead atoms. The highest BCUT2D eigenvalue weighted by atomic mass is 16.5. The lowest BCUT2D eigenvalue weighted by Gasteiger charge is -2.10. The number of rotatable bonds is 6. The number of carbonyl (C=O) groups is 1. The summed E-state index contributed by atoms with van der Waals surface area (Å²) in [5, 5.41) is 3.34. The summed E-state index contributed by atoms with van der Waals surface area (Å²) in [6.45, 7) is 1.96. The van der Waals surface area contributed by atoms with Crippen molar-refractivity contribution >= 4 is 17.4 Å². The van der Waals surface area contributed by atoms with Crippen molar-refractivity contribution in [3.8, 4) is 23.6 Å². The quantitative estimate of drug-likeness (QED) is 0.273. The van der Waals surface area contributed by atoms with Crippen LogP contribution >= 0.6 is 0 Å². The predicted octanol–water partition coefficient (Wildman–Crippen LogP) is 3.51. The Morgan fingerprint density at radius 2 is 2.06 bits per heavy atom. The van der Waals surface area contributed by atoms with E-state index in [1.54, 1.807) is 17.9 Å². The minimum atomic E-state index is -0.497. The molecule has 0 saturated heterocycles. The van der Waals surface area contributed by atoms with E-state index in [0.29, 0.717) is 35.8 Å². The third-order valence-corrected chi connectivity index (χ3v) is 5.65. The Labute approximate surface area is 187 Å². The van der Waals surface area contributed by atoms with E-state index in [2.05, 4.69) is 11.2 Å². The maximum atomic E-state index is 13.3. The lowest BCUT2D eigenvalue weighted by molar-refractivity contribution is -0.552. The Morgan fingerprint density at radius 1 is 1.28 bits per heavy atom. The van der Waals surface area contributed by atoms with Crippen molar-refractivity contribution in [1.29, 1.82) is 0 Å². The van der Waals surface area contributed by atoms with E-state index in [9.17, 15) is 4.79 Å². The maximum Gasteiger partial charge on any atom is 0.359 e. The van der Waals surface area contributed by atoms with Crippen LogP contribution in [0.1, 0.15) is 28.0 Å². The molecule has 32 heavy (non-hydrogen) atoms. The molecule has 0 spiro atoms. The van der Waals surface area contributed by atoms with Crippen molar-refractivity contribution in [2.75, 3.05) is 18.2 Å². The van der Waals surface area contributed by atoms with E-state index < -0.39 is 6.04 Å². The van der Waals surface area contributed by atoms with Crippen molar-refractivity contribution < 1.29 is 14.1 Å². The summed E-state index contributed by atoms with van der Waals surface area (Å²) >= 11 is 0. The van der Waals surface area contributed by atoms with Gasteiger partial charge < -0.3 is 10.5 Å². The minimum Gasteiger partial charge on any atom is -0.500 e. The number of nitrogens with zero attached hydrogens (tertiary/aromatic N) is 2. The smallest absolute Gasteiger partial charge is 0.359 e. The number of aromatic nitrogens is 2. The number of nitrogens with one attached hydrogen (secondary N) is 1. The van der Waals surface area contributed by atoms with Crippen LogP contribution in [0.25, 0.3) is 11.3 Å². The predicted molar refractivity (Wildman–Crippen MR) is 125 cm³/mol. The molecule has 0 saturated carbocycles. The van der Waals surface area contributed by atoms with Crippen molar-refractivity contribution in [2.24, 2.45) is 0 Å². The van der Waals surface area contributed by atoms with Gasteiger partial charge in [0.25, 0.3) is 0 Å². The molecule has 1 aliphatic heterocycles. The Hall–Kier alpha value is -4.11. The molecule has 6 nitrogen and oxygen atoms in total. The van der Waals surface area contributed by atoms with Crippen LogP contribution in [0.4, 0.5) is 11.5 Å². The van der Waals surface area contributed by atoms with E-state index in [4.69, 9.17) is 21.9 Å². The Morgan fingerprint density at radius 3 is 2.78 bits per heavy atom. The summed E-state index contributed by atoms with van der Waals surface area (Å²) in [5.41, 5.74) is 11.2. The van der Waals surface area contributed by atoms with Gasteiger partial charge in [0.2, 0.25) is 6.04 Å². The van der Waals surface area contributed by atoms with E-state index in [1.165, 1.54) is 6.08 Å². The first kappa shape index (κ1) is 21.1. The average Bonchev–Trinajstić information content (AvgIpc) is 3.11. The molecular weight excluding hydrogens is 400 g/mol. The first-order chi connectivity index (χ1) is 15.5. The minimum absolute atomic E-state index is 0.0838. The molecule has 1 aromatic heterocycles. The van der Waals surface area contributed by atoms with E-state index in [1.807, 2.05) is 55.5 Å². The van der Waals surface area contributed by atoms with Crippen molar-refractivity contribution in [3.63, 3.8) is 0 Å². The highest BCUT2D eigenvalue weighted by molar-refractivity contribution is 5.83. The van der Waals surface area contributed by atoms with E-state index >= 15 is 0 Å². The molecule has 3 N–H and O–H groups in total. The van der Waals surface area contributed by atoms with Gasteiger partial charge >= 0.3 is 11.7 Å². The monoisotopic (exact) mass is 425 g/mol. The molecule has 1 atom stereocenters. The van der Waals surface area contributed by atoms with Crippen molar-refractivity contribution in [3.05, 3.63) is 83.4 Å². The van der Waals surface area contributed by atoms with Crippen LogP contribution < -0.4 is 15.6 Å². The van der Waals surface area contributed by atoms with Gasteiger partial charge in [-0.2, -0.15) is 4.57 Å². The molecule has 1 aliphatic rings. The number of ether oxygens (including phenoxy) is 1. The van der Waals surface area contributed by atoms with Crippen molar-refractivity contribution in [1.82, 2.24) is 4.98 Å². The van der Waals surface area contributed by atoms with Crippen LogP contribution in [0.5, 0.6) is 0 Å². The third kappa shape index (κ3) is 4.06. The topological polar surface area (TPSA) is 81.1 Å². The van der Waals surface area contributed by atoms with Gasteiger partial charge in [0, 0.05) is 23.7 Å². The number of hydrogen-bond acceptors (Lipinski definition) is 5. The van der Waals surface area contributed by atoms with Crippen LogP contribution in [-0.4, -0.2) is 24.0 Å². The largest absolute Gasteiger partial charge is 0.500 e. The Kier molecular flexibility index (Phi) is 5.91. The van der Waals surface area contributed by atoms with Gasteiger partial charge in [-0.1, -0.05) is 48.4 Å². The molecule has 0 radical (unpaired) electrons. The Balaban J connectivity index is 1.80. The van der Waals surface area contributed by atoms with Crippen LogP contribution in [-0.2, 0) is 11.2 Å². The normalized spacial score (nSPS) is 15.1. The van der Waals surface area contributed by atoms with Crippen LogP contribution in [0, 0.1) is 19.3 Å². The van der Waals surface area contributed by atoms with Gasteiger partial charge in [-0.25, -0.2) is 9.78 Å². The first-order valence-electron chi connectivity index (χ1n) is 10.4. The first-order valence-corrected chi connectivity index (χ1v) is 10.4. The number of allylic oxidation sites excluding steroid dienone is 1. The molecule has 1 unspecified atom stereocenters. The number of anilines is 2. The molecule has 0 amide bonds. The summed E-state index contributed by atoms with van der Waals surface area (Å²) in [6.07, 6.45) is 9.62. The highest BCUT2D eigenvalue weighted by Crippen LogP contribution is 2.29. The zero-order valence-corrected chi connectivity index (χ0v) is 18.1. The van der Waals surface area contributed by atoms with E-state index in [0.717, 1.165) is 22.4 Å².